The van der Waals surface area contributed by atoms with Crippen LogP contribution in [0.15, 0.2) is 22.6 Å². The molecule has 1 heterocycles. The van der Waals surface area contributed by atoms with Crippen molar-refractivity contribution in [1.29, 1.82) is 0 Å². The molecule has 0 amide bonds. The Bertz CT molecular complexity index is 493. The lowest BCUT2D eigenvalue weighted by Crippen LogP contribution is -2.00. The first-order valence-electron chi connectivity index (χ1n) is 5.18. The summed E-state index contributed by atoms with van der Waals surface area (Å²) in [6.45, 7) is 0.520. The van der Waals surface area contributed by atoms with Crippen molar-refractivity contribution < 1.29 is 13.2 Å². The fraction of sp³-hybridized carbons (Fsp3) is 0.273. The van der Waals surface area contributed by atoms with E-state index in [9.17, 15) is 8.78 Å². The maximum atomic E-state index is 13.0. The normalized spacial score (nSPS) is 10.8. The molecule has 0 atom stereocenters. The van der Waals surface area contributed by atoms with Gasteiger partial charge in [0.15, 0.2) is 0 Å². The third kappa shape index (κ3) is 2.85. The Morgan fingerprint density at radius 2 is 1.82 bits per heavy atom. The zero-order valence-electron chi connectivity index (χ0n) is 8.99. The number of benzene rings is 1. The van der Waals surface area contributed by atoms with Crippen molar-refractivity contribution in [3.63, 3.8) is 0 Å². The van der Waals surface area contributed by atoms with Crippen LogP contribution < -0.4 is 5.73 Å². The van der Waals surface area contributed by atoms with Crippen LogP contribution in [0.2, 0.25) is 0 Å². The van der Waals surface area contributed by atoms with Gasteiger partial charge in [0.05, 0.1) is 0 Å². The molecule has 90 valence electrons. The van der Waals surface area contributed by atoms with Crippen molar-refractivity contribution in [1.82, 2.24) is 10.2 Å². The maximum absolute atomic E-state index is 13.0. The fourth-order valence-electron chi connectivity index (χ4n) is 1.40. The first-order valence-corrected chi connectivity index (χ1v) is 5.18. The molecular weight excluding hydrogens is 228 g/mol. The summed E-state index contributed by atoms with van der Waals surface area (Å²) in [5.74, 6) is -0.839. The maximum Gasteiger partial charge on any atom is 0.247 e. The van der Waals surface area contributed by atoms with E-state index in [1.54, 1.807) is 0 Å². The predicted octanol–water partition coefficient (Wildman–Crippen LogP) is 1.91. The van der Waals surface area contributed by atoms with Gasteiger partial charge in [-0.25, -0.2) is 8.78 Å². The Balaban J connectivity index is 2.24. The van der Waals surface area contributed by atoms with E-state index in [0.717, 1.165) is 24.6 Å². The van der Waals surface area contributed by atoms with Crippen LogP contribution in [0.3, 0.4) is 0 Å². The largest absolute Gasteiger partial charge is 0.421 e. The number of rotatable bonds is 4. The van der Waals surface area contributed by atoms with Crippen LogP contribution in [0.5, 0.6) is 0 Å². The first kappa shape index (κ1) is 11.7. The Labute approximate surface area is 96.5 Å². The van der Waals surface area contributed by atoms with Gasteiger partial charge in [0.2, 0.25) is 11.8 Å². The lowest BCUT2D eigenvalue weighted by molar-refractivity contribution is 0.497. The molecule has 1 aromatic carbocycles. The van der Waals surface area contributed by atoms with Crippen molar-refractivity contribution in [3.8, 4) is 11.5 Å². The molecular formula is C11H11F2N3O. The molecule has 2 rings (SSSR count). The molecule has 4 nitrogen and oxygen atoms in total. The molecule has 2 aromatic rings. The van der Waals surface area contributed by atoms with Gasteiger partial charge in [0.1, 0.15) is 11.6 Å². The molecule has 0 fully saturated rings. The lowest BCUT2D eigenvalue weighted by atomic mass is 10.2. The molecule has 0 aliphatic carbocycles. The summed E-state index contributed by atoms with van der Waals surface area (Å²) < 4.78 is 31.2. The molecule has 6 heteroatoms. The molecule has 0 aliphatic rings. The number of nitrogens with zero attached hydrogens (tertiary/aromatic N) is 2. The second-order valence-electron chi connectivity index (χ2n) is 3.55. The molecule has 17 heavy (non-hydrogen) atoms. The highest BCUT2D eigenvalue weighted by atomic mass is 19.1. The molecule has 0 radical (unpaired) electrons. The Kier molecular flexibility index (Phi) is 3.43. The van der Waals surface area contributed by atoms with Crippen molar-refractivity contribution in [2.24, 2.45) is 5.73 Å². The van der Waals surface area contributed by atoms with Gasteiger partial charge in [-0.2, -0.15) is 0 Å². The number of halogens is 2. The summed E-state index contributed by atoms with van der Waals surface area (Å²) in [7, 11) is 0. The Morgan fingerprint density at radius 1 is 1.12 bits per heavy atom. The molecule has 0 saturated carbocycles. The molecule has 1 aromatic heterocycles. The Morgan fingerprint density at radius 3 is 2.47 bits per heavy atom. The summed E-state index contributed by atoms with van der Waals surface area (Å²) in [5, 5.41) is 7.50. The van der Waals surface area contributed by atoms with Crippen LogP contribution in [0.25, 0.3) is 11.5 Å². The monoisotopic (exact) mass is 239 g/mol. The predicted molar refractivity (Wildman–Crippen MR) is 57.0 cm³/mol. The standard InChI is InChI=1S/C11H11F2N3O/c12-8-4-7(5-9(13)6-8)11-16-15-10(17-11)2-1-3-14/h4-6H,1-3,14H2. The molecule has 0 spiro atoms. The smallest absolute Gasteiger partial charge is 0.247 e. The number of hydrogen-bond donors (Lipinski definition) is 1. The van der Waals surface area contributed by atoms with Gasteiger partial charge < -0.3 is 10.2 Å². The number of aryl methyl sites for hydroxylation is 1. The lowest BCUT2D eigenvalue weighted by Gasteiger charge is -1.96. The van der Waals surface area contributed by atoms with E-state index in [-0.39, 0.29) is 11.5 Å². The molecule has 0 unspecified atom stereocenters. The minimum atomic E-state index is -0.679. The molecule has 0 saturated heterocycles. The summed E-state index contributed by atoms with van der Waals surface area (Å²) in [6.07, 6.45) is 1.28. The van der Waals surface area contributed by atoms with E-state index in [1.807, 2.05) is 0 Å². The van der Waals surface area contributed by atoms with Gasteiger partial charge in [0.25, 0.3) is 0 Å². The van der Waals surface area contributed by atoms with Crippen molar-refractivity contribution >= 4 is 0 Å². The van der Waals surface area contributed by atoms with Gasteiger partial charge in [-0.05, 0) is 25.1 Å². The molecule has 0 aliphatic heterocycles. The van der Waals surface area contributed by atoms with E-state index in [1.165, 1.54) is 0 Å². The quantitative estimate of drug-likeness (QED) is 0.885. The molecule has 0 bridgehead atoms. The first-order chi connectivity index (χ1) is 8.19. The van der Waals surface area contributed by atoms with Crippen molar-refractivity contribution in [2.45, 2.75) is 12.8 Å². The van der Waals surface area contributed by atoms with E-state index in [2.05, 4.69) is 10.2 Å². The number of hydrogen-bond acceptors (Lipinski definition) is 4. The highest BCUT2D eigenvalue weighted by Crippen LogP contribution is 2.20. The third-order valence-corrected chi connectivity index (χ3v) is 2.17. The van der Waals surface area contributed by atoms with Crippen LogP contribution in [0.1, 0.15) is 12.3 Å². The van der Waals surface area contributed by atoms with Gasteiger partial charge in [-0.3, -0.25) is 0 Å². The number of nitrogens with two attached hydrogens (primary N) is 1. The van der Waals surface area contributed by atoms with Crippen LogP contribution >= 0.6 is 0 Å². The zero-order valence-corrected chi connectivity index (χ0v) is 8.99. The van der Waals surface area contributed by atoms with Crippen molar-refractivity contribution in [3.05, 3.63) is 35.7 Å². The molecule has 2 N–H and O–H groups in total. The fourth-order valence-corrected chi connectivity index (χ4v) is 1.40. The average Bonchev–Trinajstić information content (AvgIpc) is 2.73. The summed E-state index contributed by atoms with van der Waals surface area (Å²) in [4.78, 5) is 0. The van der Waals surface area contributed by atoms with Crippen LogP contribution in [0.4, 0.5) is 8.78 Å². The average molecular weight is 239 g/mol. The summed E-state index contributed by atoms with van der Waals surface area (Å²) in [5.41, 5.74) is 5.58. The van der Waals surface area contributed by atoms with Crippen LogP contribution in [-0.2, 0) is 6.42 Å². The van der Waals surface area contributed by atoms with E-state index >= 15 is 0 Å². The number of aromatic nitrogens is 2. The third-order valence-electron chi connectivity index (χ3n) is 2.17. The van der Waals surface area contributed by atoms with Crippen molar-refractivity contribution in [2.75, 3.05) is 6.54 Å². The topological polar surface area (TPSA) is 64.9 Å². The second-order valence-corrected chi connectivity index (χ2v) is 3.55. The summed E-state index contributed by atoms with van der Waals surface area (Å²) >= 11 is 0. The van der Waals surface area contributed by atoms with Crippen LogP contribution in [-0.4, -0.2) is 16.7 Å². The highest BCUT2D eigenvalue weighted by Gasteiger charge is 2.10. The second kappa shape index (κ2) is 5.01. The van der Waals surface area contributed by atoms with Gasteiger partial charge in [0, 0.05) is 18.1 Å². The van der Waals surface area contributed by atoms with Crippen LogP contribution in [0, 0.1) is 11.6 Å². The van der Waals surface area contributed by atoms with E-state index in [4.69, 9.17) is 10.2 Å². The minimum Gasteiger partial charge on any atom is -0.421 e. The Hall–Kier alpha value is -1.82. The van der Waals surface area contributed by atoms with Gasteiger partial charge in [-0.1, -0.05) is 0 Å². The van der Waals surface area contributed by atoms with E-state index in [0.29, 0.717) is 18.9 Å². The highest BCUT2D eigenvalue weighted by molar-refractivity contribution is 5.52. The summed E-state index contributed by atoms with van der Waals surface area (Å²) in [6, 6.07) is 3.07. The minimum absolute atomic E-state index is 0.107. The SMILES string of the molecule is NCCCc1nnc(-c2cc(F)cc(F)c2)o1. The van der Waals surface area contributed by atoms with E-state index < -0.39 is 11.6 Å². The zero-order chi connectivity index (χ0) is 12.3. The van der Waals surface area contributed by atoms with Gasteiger partial charge >= 0.3 is 0 Å². The van der Waals surface area contributed by atoms with Gasteiger partial charge in [-0.15, -0.1) is 10.2 Å².